The van der Waals surface area contributed by atoms with E-state index >= 15 is 0 Å². The standard InChI is InChI=1S/C21H24N4O/c1-5-25(16-23-3)20-12-8-18(9-13-20)21(26)17-6-10-19(11-7-17)24(4)15-14-22-2/h5-14,16H,1,15H2,2-4H3. The molecule has 0 saturated heterocycles. The number of hydrogen-bond acceptors (Lipinski definition) is 4. The predicted octanol–water partition coefficient (Wildman–Crippen LogP) is 3.66. The molecule has 0 amide bonds. The fraction of sp³-hybridized carbons (Fsp3) is 0.190. The van der Waals surface area contributed by atoms with E-state index < -0.39 is 0 Å². The third kappa shape index (κ3) is 4.66. The molecule has 0 radical (unpaired) electrons. The van der Waals surface area contributed by atoms with Gasteiger partial charge in [0.1, 0.15) is 0 Å². The van der Waals surface area contributed by atoms with Crippen LogP contribution in [0, 0.1) is 0 Å². The molecule has 2 rings (SSSR count). The van der Waals surface area contributed by atoms with Crippen LogP contribution in [0.25, 0.3) is 0 Å². The Morgan fingerprint density at radius 1 is 0.962 bits per heavy atom. The SMILES string of the molecule is C=CN(C=NC)c1ccc(C(=O)c2ccc(N(C)CC=NC)cc2)cc1. The number of ketones is 1. The van der Waals surface area contributed by atoms with Gasteiger partial charge in [-0.05, 0) is 48.5 Å². The smallest absolute Gasteiger partial charge is 0.193 e. The Labute approximate surface area is 155 Å². The third-order valence-electron chi connectivity index (χ3n) is 3.97. The highest BCUT2D eigenvalue weighted by molar-refractivity contribution is 6.09. The predicted molar refractivity (Wildman–Crippen MR) is 111 cm³/mol. The van der Waals surface area contributed by atoms with Gasteiger partial charge in [-0.2, -0.15) is 0 Å². The van der Waals surface area contributed by atoms with Gasteiger partial charge in [-0.3, -0.25) is 14.8 Å². The summed E-state index contributed by atoms with van der Waals surface area (Å²) in [7, 11) is 5.44. The van der Waals surface area contributed by atoms with Crippen LogP contribution in [0.15, 0.2) is 71.3 Å². The second-order valence-electron chi connectivity index (χ2n) is 5.71. The van der Waals surface area contributed by atoms with Crippen molar-refractivity contribution in [3.05, 3.63) is 72.4 Å². The molecule has 0 aliphatic heterocycles. The molecular weight excluding hydrogens is 324 g/mol. The van der Waals surface area contributed by atoms with Crippen LogP contribution >= 0.6 is 0 Å². The van der Waals surface area contributed by atoms with E-state index in [1.54, 1.807) is 31.5 Å². The molecule has 0 aliphatic carbocycles. The monoisotopic (exact) mass is 348 g/mol. The Hall–Kier alpha value is -3.21. The summed E-state index contributed by atoms with van der Waals surface area (Å²) in [6, 6.07) is 15.0. The molecule has 0 atom stereocenters. The van der Waals surface area contributed by atoms with Gasteiger partial charge in [0.2, 0.25) is 0 Å². The molecule has 0 N–H and O–H groups in total. The first-order valence-electron chi connectivity index (χ1n) is 8.30. The van der Waals surface area contributed by atoms with Gasteiger partial charge in [0.05, 0.1) is 12.9 Å². The third-order valence-corrected chi connectivity index (χ3v) is 3.97. The van der Waals surface area contributed by atoms with Gasteiger partial charge in [0.25, 0.3) is 0 Å². The first-order valence-corrected chi connectivity index (χ1v) is 8.30. The first-order chi connectivity index (χ1) is 12.6. The van der Waals surface area contributed by atoms with Crippen molar-refractivity contribution in [1.29, 1.82) is 0 Å². The molecule has 0 spiro atoms. The number of carbonyl (C=O) groups is 1. The molecule has 0 bridgehead atoms. The lowest BCUT2D eigenvalue weighted by atomic mass is 10.0. The van der Waals surface area contributed by atoms with Crippen molar-refractivity contribution in [3.8, 4) is 0 Å². The number of benzene rings is 2. The summed E-state index contributed by atoms with van der Waals surface area (Å²) in [5.74, 6) is -0.00446. The average Bonchev–Trinajstić information content (AvgIpc) is 2.70. The highest BCUT2D eigenvalue weighted by atomic mass is 16.1. The van der Waals surface area contributed by atoms with Gasteiger partial charge in [0.15, 0.2) is 5.78 Å². The van der Waals surface area contributed by atoms with Gasteiger partial charge >= 0.3 is 0 Å². The summed E-state index contributed by atoms with van der Waals surface area (Å²) in [5, 5.41) is 0. The zero-order valence-electron chi connectivity index (χ0n) is 15.5. The van der Waals surface area contributed by atoms with E-state index in [-0.39, 0.29) is 5.78 Å². The number of nitrogens with zero attached hydrogens (tertiary/aromatic N) is 4. The fourth-order valence-electron chi connectivity index (χ4n) is 2.47. The Morgan fingerprint density at radius 2 is 1.50 bits per heavy atom. The van der Waals surface area contributed by atoms with Crippen LogP contribution in [0.5, 0.6) is 0 Å². The molecule has 134 valence electrons. The minimum Gasteiger partial charge on any atom is -0.369 e. The van der Waals surface area contributed by atoms with Crippen molar-refractivity contribution in [3.63, 3.8) is 0 Å². The van der Waals surface area contributed by atoms with Crippen molar-refractivity contribution < 1.29 is 4.79 Å². The molecular formula is C21H24N4O. The van der Waals surface area contributed by atoms with Gasteiger partial charge in [-0.25, -0.2) is 0 Å². The Morgan fingerprint density at radius 3 is 1.96 bits per heavy atom. The maximum atomic E-state index is 12.7. The molecule has 0 unspecified atom stereocenters. The molecule has 2 aromatic rings. The van der Waals surface area contributed by atoms with Crippen LogP contribution in [0.4, 0.5) is 11.4 Å². The van der Waals surface area contributed by atoms with Crippen LogP contribution in [0.3, 0.4) is 0 Å². The topological polar surface area (TPSA) is 48.3 Å². The van der Waals surface area contributed by atoms with E-state index in [1.165, 1.54) is 0 Å². The number of rotatable bonds is 8. The number of carbonyl (C=O) groups excluding carboxylic acids is 1. The zero-order valence-corrected chi connectivity index (χ0v) is 15.5. The summed E-state index contributed by atoms with van der Waals surface area (Å²) < 4.78 is 0. The maximum absolute atomic E-state index is 12.7. The van der Waals surface area contributed by atoms with Crippen molar-refractivity contribution in [1.82, 2.24) is 0 Å². The summed E-state index contributed by atoms with van der Waals surface area (Å²) in [6.45, 7) is 4.49. The van der Waals surface area contributed by atoms with Gasteiger partial charge in [0, 0.05) is 56.1 Å². The maximum Gasteiger partial charge on any atom is 0.193 e. The second-order valence-corrected chi connectivity index (χ2v) is 5.71. The van der Waals surface area contributed by atoms with Crippen molar-refractivity contribution in [2.75, 3.05) is 37.5 Å². The molecule has 0 aliphatic rings. The number of anilines is 2. The molecule has 2 aromatic carbocycles. The van der Waals surface area contributed by atoms with Gasteiger partial charge in [-0.1, -0.05) is 6.58 Å². The van der Waals surface area contributed by atoms with Crippen molar-refractivity contribution in [2.45, 2.75) is 0 Å². The normalized spacial score (nSPS) is 11.0. The zero-order chi connectivity index (χ0) is 18.9. The first kappa shape index (κ1) is 19.1. The average molecular weight is 348 g/mol. The minimum absolute atomic E-state index is 0.00446. The van der Waals surface area contributed by atoms with E-state index in [2.05, 4.69) is 21.5 Å². The highest BCUT2D eigenvalue weighted by Gasteiger charge is 2.10. The lowest BCUT2D eigenvalue weighted by molar-refractivity contribution is 0.103. The lowest BCUT2D eigenvalue weighted by Gasteiger charge is -2.17. The molecule has 5 heteroatoms. The van der Waals surface area contributed by atoms with E-state index in [1.807, 2.05) is 61.8 Å². The summed E-state index contributed by atoms with van der Waals surface area (Å²) >= 11 is 0. The molecule has 0 aromatic heterocycles. The quantitative estimate of drug-likeness (QED) is 0.415. The molecule has 0 heterocycles. The Kier molecular flexibility index (Phi) is 6.85. The van der Waals surface area contributed by atoms with E-state index in [0.717, 1.165) is 17.9 Å². The minimum atomic E-state index is -0.00446. The Bertz CT molecular complexity index is 792. The summed E-state index contributed by atoms with van der Waals surface area (Å²) in [5.41, 5.74) is 3.24. The number of aliphatic imine (C=N–C) groups is 2. The summed E-state index contributed by atoms with van der Waals surface area (Å²) in [4.78, 5) is 24.5. The lowest BCUT2D eigenvalue weighted by Crippen LogP contribution is -2.19. The largest absolute Gasteiger partial charge is 0.369 e. The van der Waals surface area contributed by atoms with Crippen molar-refractivity contribution in [2.24, 2.45) is 9.98 Å². The summed E-state index contributed by atoms with van der Waals surface area (Å²) in [6.07, 6.45) is 5.18. The van der Waals surface area contributed by atoms with Gasteiger partial charge in [-0.15, -0.1) is 0 Å². The highest BCUT2D eigenvalue weighted by Crippen LogP contribution is 2.19. The fourth-order valence-corrected chi connectivity index (χ4v) is 2.47. The van der Waals surface area contributed by atoms with Crippen LogP contribution in [-0.4, -0.2) is 46.0 Å². The van der Waals surface area contributed by atoms with Crippen LogP contribution in [0.1, 0.15) is 15.9 Å². The van der Waals surface area contributed by atoms with Crippen molar-refractivity contribution >= 4 is 29.7 Å². The molecule has 26 heavy (non-hydrogen) atoms. The van der Waals surface area contributed by atoms with Gasteiger partial charge < -0.3 is 9.80 Å². The molecule has 0 fully saturated rings. The van der Waals surface area contributed by atoms with Crippen LogP contribution in [-0.2, 0) is 0 Å². The second kappa shape index (κ2) is 9.32. The van der Waals surface area contributed by atoms with Crippen LogP contribution < -0.4 is 9.80 Å². The van der Waals surface area contributed by atoms with E-state index in [0.29, 0.717) is 11.1 Å². The number of hydrogen-bond donors (Lipinski definition) is 0. The van der Waals surface area contributed by atoms with E-state index in [9.17, 15) is 4.79 Å². The van der Waals surface area contributed by atoms with Crippen LogP contribution in [0.2, 0.25) is 0 Å². The molecule has 5 nitrogen and oxygen atoms in total. The Balaban J connectivity index is 2.14. The molecule has 0 saturated carbocycles. The van der Waals surface area contributed by atoms with E-state index in [4.69, 9.17) is 0 Å².